The number of halogens is 1. The van der Waals surface area contributed by atoms with E-state index < -0.39 is 4.92 Å². The van der Waals surface area contributed by atoms with Gasteiger partial charge in [0.15, 0.2) is 0 Å². The van der Waals surface area contributed by atoms with Crippen LogP contribution in [0, 0.1) is 22.0 Å². The maximum Gasteiger partial charge on any atom is 0.329 e. The third-order valence-electron chi connectivity index (χ3n) is 5.19. The lowest BCUT2D eigenvalue weighted by Crippen LogP contribution is -2.25. The molecule has 1 saturated carbocycles. The van der Waals surface area contributed by atoms with Crippen molar-refractivity contribution in [1.29, 1.82) is 0 Å². The smallest absolute Gasteiger partial charge is 0.329 e. The Bertz CT molecular complexity index is 794. The van der Waals surface area contributed by atoms with Crippen molar-refractivity contribution in [2.75, 3.05) is 23.7 Å². The Kier molecular flexibility index (Phi) is 7.16. The molecule has 1 aromatic heterocycles. The monoisotopic (exact) mass is 448 g/mol. The molecule has 1 aliphatic carbocycles. The molecular formula is C19H25BrN6O2. The normalized spacial score (nSPS) is 19.2. The Hall–Kier alpha value is -2.26. The highest BCUT2D eigenvalue weighted by molar-refractivity contribution is 9.10. The van der Waals surface area contributed by atoms with Crippen molar-refractivity contribution in [3.63, 3.8) is 0 Å². The molecule has 1 aromatic carbocycles. The summed E-state index contributed by atoms with van der Waals surface area (Å²) in [5, 5.41) is 17.6. The van der Waals surface area contributed by atoms with Crippen molar-refractivity contribution in [2.24, 2.45) is 17.6 Å². The quantitative estimate of drug-likeness (QED) is 0.413. The third-order valence-corrected chi connectivity index (χ3v) is 5.72. The van der Waals surface area contributed by atoms with E-state index in [-0.39, 0.29) is 11.5 Å². The van der Waals surface area contributed by atoms with Crippen LogP contribution in [0.3, 0.4) is 0 Å². The topological polar surface area (TPSA) is 119 Å². The van der Waals surface area contributed by atoms with E-state index in [1.807, 2.05) is 24.3 Å². The molecule has 3 rings (SSSR count). The third kappa shape index (κ3) is 5.62. The van der Waals surface area contributed by atoms with Gasteiger partial charge in [-0.05, 0) is 61.8 Å². The minimum Gasteiger partial charge on any atom is -0.364 e. The van der Waals surface area contributed by atoms with Crippen LogP contribution in [-0.4, -0.2) is 28.0 Å². The van der Waals surface area contributed by atoms with Crippen molar-refractivity contribution in [3.05, 3.63) is 50.6 Å². The van der Waals surface area contributed by atoms with Crippen LogP contribution in [0.1, 0.15) is 31.2 Å². The van der Waals surface area contributed by atoms with Crippen molar-refractivity contribution >= 4 is 33.4 Å². The number of nitrogens with one attached hydrogen (secondary N) is 2. The van der Waals surface area contributed by atoms with Gasteiger partial charge in [-0.1, -0.05) is 28.1 Å². The summed E-state index contributed by atoms with van der Waals surface area (Å²) in [5.41, 5.74) is 6.70. The van der Waals surface area contributed by atoms with Gasteiger partial charge in [0.05, 0.1) is 4.92 Å². The zero-order chi connectivity index (χ0) is 19.9. The van der Waals surface area contributed by atoms with Crippen molar-refractivity contribution in [3.8, 4) is 0 Å². The van der Waals surface area contributed by atoms with E-state index in [1.54, 1.807) is 0 Å². The van der Waals surface area contributed by atoms with Gasteiger partial charge in [0.2, 0.25) is 11.8 Å². The van der Waals surface area contributed by atoms with Crippen molar-refractivity contribution < 1.29 is 4.92 Å². The number of aromatic nitrogens is 2. The van der Waals surface area contributed by atoms with Gasteiger partial charge >= 0.3 is 5.69 Å². The molecule has 2 aromatic rings. The first-order chi connectivity index (χ1) is 13.5. The van der Waals surface area contributed by atoms with Crippen LogP contribution in [0.2, 0.25) is 0 Å². The second-order valence-electron chi connectivity index (χ2n) is 7.17. The molecule has 8 nitrogen and oxygen atoms in total. The molecule has 150 valence electrons. The number of anilines is 2. The fourth-order valence-electron chi connectivity index (χ4n) is 3.42. The molecule has 0 saturated heterocycles. The number of benzene rings is 1. The average Bonchev–Trinajstić information content (AvgIpc) is 2.72. The molecule has 1 heterocycles. The molecule has 0 radical (unpaired) electrons. The van der Waals surface area contributed by atoms with Gasteiger partial charge < -0.3 is 16.4 Å². The van der Waals surface area contributed by atoms with Crippen LogP contribution >= 0.6 is 15.9 Å². The maximum absolute atomic E-state index is 11.3. The average molecular weight is 449 g/mol. The minimum atomic E-state index is -0.452. The molecule has 0 bridgehead atoms. The predicted molar refractivity (Wildman–Crippen MR) is 113 cm³/mol. The Morgan fingerprint density at radius 2 is 1.82 bits per heavy atom. The number of nitro groups is 1. The lowest BCUT2D eigenvalue weighted by molar-refractivity contribution is -0.384. The molecular weight excluding hydrogens is 424 g/mol. The van der Waals surface area contributed by atoms with Gasteiger partial charge in [0, 0.05) is 17.6 Å². The highest BCUT2D eigenvalue weighted by Gasteiger charge is 2.22. The van der Waals surface area contributed by atoms with Crippen LogP contribution in [0.4, 0.5) is 17.5 Å². The summed E-state index contributed by atoms with van der Waals surface area (Å²) in [4.78, 5) is 19.3. The summed E-state index contributed by atoms with van der Waals surface area (Å²) in [5.74, 6) is 1.72. The van der Waals surface area contributed by atoms with Gasteiger partial charge in [-0.3, -0.25) is 10.1 Å². The number of hydrogen-bond acceptors (Lipinski definition) is 7. The summed E-state index contributed by atoms with van der Waals surface area (Å²) >= 11 is 3.41. The molecule has 28 heavy (non-hydrogen) atoms. The summed E-state index contributed by atoms with van der Waals surface area (Å²) in [6.07, 6.45) is 5.67. The van der Waals surface area contributed by atoms with Crippen LogP contribution in [0.5, 0.6) is 0 Å². The van der Waals surface area contributed by atoms with Gasteiger partial charge in [-0.15, -0.1) is 0 Å². The number of nitrogens with two attached hydrogens (primary N) is 1. The lowest BCUT2D eigenvalue weighted by Gasteiger charge is -2.27. The summed E-state index contributed by atoms with van der Waals surface area (Å²) in [7, 11) is 0. The summed E-state index contributed by atoms with van der Waals surface area (Å²) < 4.78 is 1.01. The van der Waals surface area contributed by atoms with Crippen molar-refractivity contribution in [2.45, 2.75) is 32.2 Å². The molecule has 9 heteroatoms. The molecule has 1 fully saturated rings. The molecule has 1 aliphatic rings. The van der Waals surface area contributed by atoms with Gasteiger partial charge in [0.25, 0.3) is 0 Å². The number of nitrogens with zero attached hydrogens (tertiary/aromatic N) is 3. The van der Waals surface area contributed by atoms with Crippen LogP contribution in [0.15, 0.2) is 34.9 Å². The Balaban J connectivity index is 1.62. The Morgan fingerprint density at radius 1 is 1.14 bits per heavy atom. The van der Waals surface area contributed by atoms with Crippen LogP contribution in [0.25, 0.3) is 0 Å². The van der Waals surface area contributed by atoms with E-state index in [9.17, 15) is 10.1 Å². The SMILES string of the molecule is NCC1CCC(CNc2nc(NCc3ccc(Br)cc3)ncc2[N+](=O)[O-])CC1. The van der Waals surface area contributed by atoms with Gasteiger partial charge in [0.1, 0.15) is 6.20 Å². The predicted octanol–water partition coefficient (Wildman–Crippen LogP) is 3.94. The van der Waals surface area contributed by atoms with Crippen LogP contribution < -0.4 is 16.4 Å². The summed E-state index contributed by atoms with van der Waals surface area (Å²) in [6, 6.07) is 7.89. The molecule has 0 amide bonds. The Labute approximate surface area is 172 Å². The van der Waals surface area contributed by atoms with E-state index in [0.717, 1.165) is 42.3 Å². The van der Waals surface area contributed by atoms with Crippen molar-refractivity contribution in [1.82, 2.24) is 9.97 Å². The minimum absolute atomic E-state index is 0.107. The molecule has 0 atom stereocenters. The van der Waals surface area contributed by atoms with Gasteiger partial charge in [-0.2, -0.15) is 4.98 Å². The fourth-order valence-corrected chi connectivity index (χ4v) is 3.68. The van der Waals surface area contributed by atoms with E-state index in [4.69, 9.17) is 5.73 Å². The zero-order valence-corrected chi connectivity index (χ0v) is 17.2. The van der Waals surface area contributed by atoms with E-state index in [2.05, 4.69) is 36.5 Å². The largest absolute Gasteiger partial charge is 0.364 e. The second-order valence-corrected chi connectivity index (χ2v) is 8.08. The second kappa shape index (κ2) is 9.79. The number of rotatable bonds is 8. The highest BCUT2D eigenvalue weighted by Crippen LogP contribution is 2.29. The zero-order valence-electron chi connectivity index (χ0n) is 15.6. The number of hydrogen-bond donors (Lipinski definition) is 3. The molecule has 4 N–H and O–H groups in total. The fraction of sp³-hybridized carbons (Fsp3) is 0.474. The highest BCUT2D eigenvalue weighted by atomic mass is 79.9. The molecule has 0 aliphatic heterocycles. The first kappa shape index (κ1) is 20.5. The standard InChI is InChI=1S/C19H25BrN6O2/c20-16-7-5-15(6-8-16)11-23-19-24-12-17(26(27)28)18(25-19)22-10-14-3-1-13(9-21)2-4-14/h5-8,12-14H,1-4,9-11,21H2,(H2,22,23,24,25). The van der Waals surface area contributed by atoms with Gasteiger partial charge in [-0.25, -0.2) is 4.98 Å². The molecule has 0 unspecified atom stereocenters. The first-order valence-corrected chi connectivity index (χ1v) is 10.3. The van der Waals surface area contributed by atoms with Crippen LogP contribution in [-0.2, 0) is 6.54 Å². The van der Waals surface area contributed by atoms with E-state index in [0.29, 0.717) is 30.9 Å². The molecule has 0 spiro atoms. The maximum atomic E-state index is 11.3. The first-order valence-electron chi connectivity index (χ1n) is 9.49. The summed E-state index contributed by atoms with van der Waals surface area (Å²) in [6.45, 7) is 1.94. The van der Waals surface area contributed by atoms with E-state index >= 15 is 0 Å². The lowest BCUT2D eigenvalue weighted by atomic mass is 9.82. The Morgan fingerprint density at radius 3 is 2.46 bits per heavy atom. The van der Waals surface area contributed by atoms with E-state index in [1.165, 1.54) is 6.20 Å².